The first-order chi connectivity index (χ1) is 5.24. The molecule has 11 heavy (non-hydrogen) atoms. The van der Waals surface area contributed by atoms with Crippen molar-refractivity contribution in [1.29, 1.82) is 0 Å². The molecule has 0 atom stereocenters. The first kappa shape index (κ1) is 9.20. The van der Waals surface area contributed by atoms with Gasteiger partial charge < -0.3 is 0 Å². The monoisotopic (exact) mass is 183 g/mol. The van der Waals surface area contributed by atoms with Crippen molar-refractivity contribution in [2.75, 3.05) is 19.0 Å². The van der Waals surface area contributed by atoms with Crippen molar-refractivity contribution in [3.05, 3.63) is 0 Å². The van der Waals surface area contributed by atoms with Crippen LogP contribution in [-0.4, -0.2) is 36.3 Å². The number of hydrogen-bond acceptors (Lipinski definition) is 1. The van der Waals surface area contributed by atoms with E-state index in [0.717, 1.165) is 12.8 Å². The molecule has 1 fully saturated rings. The second kappa shape index (κ2) is 4.21. The smallest absolute Gasteiger partial charge is 0.251 e. The second-order valence-corrected chi connectivity index (χ2v) is 3.18. The predicted molar refractivity (Wildman–Crippen MR) is 41.3 cm³/mol. The van der Waals surface area contributed by atoms with Gasteiger partial charge in [0.1, 0.15) is 0 Å². The topological polar surface area (TPSA) is 3.24 Å². The molecule has 0 bridgehead atoms. The maximum Gasteiger partial charge on any atom is 0.251 e. The van der Waals surface area contributed by atoms with Gasteiger partial charge in [0, 0.05) is 18.5 Å². The van der Waals surface area contributed by atoms with Crippen molar-refractivity contribution < 1.29 is 8.78 Å². The van der Waals surface area contributed by atoms with Gasteiger partial charge in [0.05, 0.1) is 6.54 Å². The van der Waals surface area contributed by atoms with Crippen molar-refractivity contribution in [1.82, 2.24) is 4.90 Å². The number of nitrogens with zero attached hydrogens (tertiary/aromatic N) is 1. The zero-order valence-electron chi connectivity index (χ0n) is 6.27. The second-order valence-electron chi connectivity index (χ2n) is 2.81. The number of alkyl halides is 3. The lowest BCUT2D eigenvalue weighted by Gasteiger charge is -2.19. The summed E-state index contributed by atoms with van der Waals surface area (Å²) < 4.78 is 23.8. The summed E-state index contributed by atoms with van der Waals surface area (Å²) in [7, 11) is 0. The van der Waals surface area contributed by atoms with Gasteiger partial charge in [-0.2, -0.15) is 0 Å². The Bertz CT molecular complexity index is 117. The summed E-state index contributed by atoms with van der Waals surface area (Å²) in [5, 5.41) is 0. The van der Waals surface area contributed by atoms with Gasteiger partial charge in [-0.3, -0.25) is 4.90 Å². The molecule has 0 heterocycles. The highest BCUT2D eigenvalue weighted by Crippen LogP contribution is 2.26. The Morgan fingerprint density at radius 2 is 2.09 bits per heavy atom. The number of rotatable bonds is 5. The summed E-state index contributed by atoms with van der Waals surface area (Å²) in [5.41, 5.74) is 0. The molecule has 0 aromatic carbocycles. The van der Waals surface area contributed by atoms with E-state index in [0.29, 0.717) is 18.5 Å². The Hall–Kier alpha value is 0.110. The van der Waals surface area contributed by atoms with E-state index in [9.17, 15) is 8.78 Å². The van der Waals surface area contributed by atoms with Crippen molar-refractivity contribution in [3.63, 3.8) is 0 Å². The zero-order valence-corrected chi connectivity index (χ0v) is 7.03. The van der Waals surface area contributed by atoms with Crippen LogP contribution in [0.1, 0.15) is 12.8 Å². The van der Waals surface area contributed by atoms with Crippen LogP contribution in [0, 0.1) is 0 Å². The summed E-state index contributed by atoms with van der Waals surface area (Å²) in [6.07, 6.45) is -0.105. The third-order valence-corrected chi connectivity index (χ3v) is 1.98. The molecule has 0 aliphatic heterocycles. The van der Waals surface area contributed by atoms with E-state index >= 15 is 0 Å². The normalized spacial score (nSPS) is 18.3. The van der Waals surface area contributed by atoms with Gasteiger partial charge in [0.25, 0.3) is 6.43 Å². The van der Waals surface area contributed by atoms with E-state index in [1.54, 1.807) is 4.90 Å². The Balaban J connectivity index is 2.20. The van der Waals surface area contributed by atoms with Crippen molar-refractivity contribution >= 4 is 11.6 Å². The van der Waals surface area contributed by atoms with E-state index in [1.807, 2.05) is 0 Å². The molecule has 66 valence electrons. The van der Waals surface area contributed by atoms with Gasteiger partial charge >= 0.3 is 0 Å². The minimum absolute atomic E-state index is 0.114. The minimum atomic E-state index is -2.22. The highest BCUT2D eigenvalue weighted by atomic mass is 35.5. The molecule has 1 saturated carbocycles. The molecule has 0 saturated heterocycles. The minimum Gasteiger partial charge on any atom is -0.294 e. The maximum absolute atomic E-state index is 11.9. The Labute approximate surface area is 70.3 Å². The first-order valence-corrected chi connectivity index (χ1v) is 4.35. The van der Waals surface area contributed by atoms with Gasteiger partial charge in [-0.25, -0.2) is 8.78 Å². The number of halogens is 3. The van der Waals surface area contributed by atoms with Gasteiger partial charge in [-0.1, -0.05) is 0 Å². The Kier molecular flexibility index (Phi) is 3.52. The van der Waals surface area contributed by atoms with Gasteiger partial charge in [0.15, 0.2) is 0 Å². The van der Waals surface area contributed by atoms with Crippen LogP contribution < -0.4 is 0 Å². The van der Waals surface area contributed by atoms with E-state index in [2.05, 4.69) is 0 Å². The summed E-state index contributed by atoms with van der Waals surface area (Å²) in [4.78, 5) is 1.78. The van der Waals surface area contributed by atoms with Crippen LogP contribution >= 0.6 is 11.6 Å². The lowest BCUT2D eigenvalue weighted by molar-refractivity contribution is 0.0875. The zero-order chi connectivity index (χ0) is 8.27. The third kappa shape index (κ3) is 3.34. The molecule has 0 radical (unpaired) electrons. The Morgan fingerprint density at radius 3 is 2.45 bits per heavy atom. The molecule has 1 nitrogen and oxygen atoms in total. The van der Waals surface area contributed by atoms with E-state index in [1.165, 1.54) is 0 Å². The summed E-state index contributed by atoms with van der Waals surface area (Å²) in [6, 6.07) is 0.391. The van der Waals surface area contributed by atoms with Crippen molar-refractivity contribution in [3.8, 4) is 0 Å². The van der Waals surface area contributed by atoms with Crippen LogP contribution in [0.25, 0.3) is 0 Å². The molecule has 1 aliphatic carbocycles. The molecular weight excluding hydrogens is 172 g/mol. The van der Waals surface area contributed by atoms with Gasteiger partial charge in [0.2, 0.25) is 0 Å². The molecule has 0 unspecified atom stereocenters. The summed E-state index contributed by atoms with van der Waals surface area (Å²) in [6.45, 7) is 0.480. The molecule has 0 spiro atoms. The van der Waals surface area contributed by atoms with Crippen LogP contribution in [0.3, 0.4) is 0 Å². The van der Waals surface area contributed by atoms with Crippen molar-refractivity contribution in [2.24, 2.45) is 0 Å². The van der Waals surface area contributed by atoms with Gasteiger partial charge in [-0.05, 0) is 12.8 Å². The fraction of sp³-hybridized carbons (Fsp3) is 1.00. The van der Waals surface area contributed by atoms with Crippen LogP contribution in [0.2, 0.25) is 0 Å². The van der Waals surface area contributed by atoms with Crippen LogP contribution in [0.5, 0.6) is 0 Å². The van der Waals surface area contributed by atoms with Crippen LogP contribution in [0.4, 0.5) is 8.78 Å². The van der Waals surface area contributed by atoms with Gasteiger partial charge in [-0.15, -0.1) is 11.6 Å². The van der Waals surface area contributed by atoms with Crippen LogP contribution in [0.15, 0.2) is 0 Å². The fourth-order valence-electron chi connectivity index (χ4n) is 1.15. The predicted octanol–water partition coefficient (Wildman–Crippen LogP) is 1.95. The number of hydrogen-bond donors (Lipinski definition) is 0. The third-order valence-electron chi connectivity index (χ3n) is 1.81. The first-order valence-electron chi connectivity index (χ1n) is 3.82. The molecule has 0 N–H and O–H groups in total. The van der Waals surface area contributed by atoms with E-state index < -0.39 is 6.43 Å². The highest BCUT2D eigenvalue weighted by Gasteiger charge is 2.29. The maximum atomic E-state index is 11.9. The van der Waals surface area contributed by atoms with Crippen molar-refractivity contribution in [2.45, 2.75) is 25.3 Å². The molecule has 0 aromatic heterocycles. The quantitative estimate of drug-likeness (QED) is 0.589. The lowest BCUT2D eigenvalue weighted by atomic mass is 10.4. The molecule has 1 rings (SSSR count). The molecule has 1 aliphatic rings. The standard InChI is InChI=1S/C7H12ClF2N/c8-3-4-11(5-7(9)10)6-1-2-6/h6-7H,1-5H2. The SMILES string of the molecule is FC(F)CN(CCCl)C1CC1. The van der Waals surface area contributed by atoms with E-state index in [4.69, 9.17) is 11.6 Å². The average Bonchev–Trinajstić information content (AvgIpc) is 2.66. The molecule has 4 heteroatoms. The molecule has 0 amide bonds. The average molecular weight is 184 g/mol. The molecule has 0 aromatic rings. The fourth-order valence-corrected chi connectivity index (χ4v) is 1.37. The lowest BCUT2D eigenvalue weighted by Crippen LogP contribution is -2.32. The molecular formula is C7H12ClF2N. The summed E-state index contributed by atoms with van der Waals surface area (Å²) >= 11 is 5.47. The highest BCUT2D eigenvalue weighted by molar-refractivity contribution is 6.18. The largest absolute Gasteiger partial charge is 0.294 e. The van der Waals surface area contributed by atoms with E-state index in [-0.39, 0.29) is 6.54 Å². The Morgan fingerprint density at radius 1 is 1.45 bits per heavy atom. The summed E-state index contributed by atoms with van der Waals surface area (Å²) in [5.74, 6) is 0.448. The van der Waals surface area contributed by atoms with Crippen LogP contribution in [-0.2, 0) is 0 Å².